The fourth-order valence-electron chi connectivity index (χ4n) is 2.77. The van der Waals surface area contributed by atoms with E-state index in [1.54, 1.807) is 11.0 Å². The standard InChI is InChI=1S/C14H12BrNO2/c1-14(2)6-8(7-15)9-4-3-5-10-11(9)16(14)13(18)12(10)17/h3-6H,7H2,1-2H3. The number of ketones is 1. The number of benzene rings is 1. The van der Waals surface area contributed by atoms with E-state index in [1.165, 1.54) is 0 Å². The molecular formula is C14H12BrNO2. The second-order valence-corrected chi connectivity index (χ2v) is 5.69. The summed E-state index contributed by atoms with van der Waals surface area (Å²) in [6, 6.07) is 5.52. The Labute approximate surface area is 114 Å². The molecule has 0 aliphatic carbocycles. The Morgan fingerprint density at radius 3 is 2.56 bits per heavy atom. The summed E-state index contributed by atoms with van der Waals surface area (Å²) < 4.78 is 0. The Bertz CT molecular complexity index is 616. The van der Waals surface area contributed by atoms with Crippen LogP contribution in [0, 0.1) is 0 Å². The van der Waals surface area contributed by atoms with Gasteiger partial charge in [0.15, 0.2) is 0 Å². The van der Waals surface area contributed by atoms with Gasteiger partial charge in [0, 0.05) is 10.9 Å². The van der Waals surface area contributed by atoms with E-state index >= 15 is 0 Å². The minimum Gasteiger partial charge on any atom is -0.295 e. The van der Waals surface area contributed by atoms with Gasteiger partial charge in [0.25, 0.3) is 11.7 Å². The number of hydrogen-bond donors (Lipinski definition) is 0. The van der Waals surface area contributed by atoms with E-state index in [0.29, 0.717) is 10.9 Å². The number of halogens is 1. The highest BCUT2D eigenvalue weighted by Crippen LogP contribution is 2.45. The van der Waals surface area contributed by atoms with Crippen LogP contribution in [0.25, 0.3) is 5.57 Å². The van der Waals surface area contributed by atoms with E-state index in [9.17, 15) is 9.59 Å². The van der Waals surface area contributed by atoms with Crippen LogP contribution < -0.4 is 4.90 Å². The van der Waals surface area contributed by atoms with Crippen LogP contribution in [0.1, 0.15) is 29.8 Å². The number of rotatable bonds is 1. The third kappa shape index (κ3) is 1.29. The van der Waals surface area contributed by atoms with Gasteiger partial charge in [-0.3, -0.25) is 14.5 Å². The topological polar surface area (TPSA) is 37.4 Å². The molecule has 18 heavy (non-hydrogen) atoms. The maximum absolute atomic E-state index is 12.1. The predicted octanol–water partition coefficient (Wildman–Crippen LogP) is 2.79. The van der Waals surface area contributed by atoms with Crippen LogP contribution in [0.15, 0.2) is 24.3 Å². The van der Waals surface area contributed by atoms with Gasteiger partial charge in [-0.25, -0.2) is 0 Å². The van der Waals surface area contributed by atoms with Crippen LogP contribution in [0.2, 0.25) is 0 Å². The zero-order valence-corrected chi connectivity index (χ0v) is 11.7. The molecule has 3 rings (SSSR count). The monoisotopic (exact) mass is 305 g/mol. The Hall–Kier alpha value is -1.42. The van der Waals surface area contributed by atoms with E-state index in [0.717, 1.165) is 16.8 Å². The maximum atomic E-state index is 12.1. The molecule has 1 aromatic carbocycles. The number of para-hydroxylation sites is 1. The van der Waals surface area contributed by atoms with Crippen LogP contribution >= 0.6 is 15.9 Å². The normalized spacial score (nSPS) is 19.9. The van der Waals surface area contributed by atoms with E-state index < -0.39 is 17.2 Å². The highest BCUT2D eigenvalue weighted by atomic mass is 79.9. The number of nitrogens with zero attached hydrogens (tertiary/aromatic N) is 1. The molecule has 0 aromatic heterocycles. The summed E-state index contributed by atoms with van der Waals surface area (Å²) in [6.07, 6.45) is 2.05. The Morgan fingerprint density at radius 2 is 1.89 bits per heavy atom. The van der Waals surface area contributed by atoms with E-state index in [1.807, 2.05) is 32.1 Å². The summed E-state index contributed by atoms with van der Waals surface area (Å²) in [5, 5.41) is 0.711. The molecule has 2 heterocycles. The van der Waals surface area contributed by atoms with Crippen LogP contribution in [0.5, 0.6) is 0 Å². The van der Waals surface area contributed by atoms with Gasteiger partial charge < -0.3 is 0 Å². The van der Waals surface area contributed by atoms with Crippen molar-refractivity contribution in [2.75, 3.05) is 10.2 Å². The molecule has 0 spiro atoms. The average molecular weight is 306 g/mol. The zero-order chi connectivity index (χ0) is 13.1. The van der Waals surface area contributed by atoms with E-state index in [-0.39, 0.29) is 0 Å². The molecule has 0 fully saturated rings. The zero-order valence-electron chi connectivity index (χ0n) is 10.2. The van der Waals surface area contributed by atoms with Crippen LogP contribution in [0.4, 0.5) is 5.69 Å². The average Bonchev–Trinajstić information content (AvgIpc) is 2.60. The number of anilines is 1. The van der Waals surface area contributed by atoms with Crippen molar-refractivity contribution in [3.05, 3.63) is 35.4 Å². The number of amides is 1. The molecule has 0 bridgehead atoms. The van der Waals surface area contributed by atoms with Crippen molar-refractivity contribution in [2.45, 2.75) is 19.4 Å². The SMILES string of the molecule is CC1(C)C=C(CBr)c2cccc3c2N1C(=O)C3=O. The first-order valence-corrected chi connectivity index (χ1v) is 6.89. The van der Waals surface area contributed by atoms with Crippen molar-refractivity contribution in [1.29, 1.82) is 0 Å². The number of allylic oxidation sites excluding steroid dienone is 1. The van der Waals surface area contributed by atoms with Crippen molar-refractivity contribution < 1.29 is 9.59 Å². The summed E-state index contributed by atoms with van der Waals surface area (Å²) in [5.74, 6) is -0.823. The van der Waals surface area contributed by atoms with Gasteiger partial charge in [0.2, 0.25) is 0 Å². The van der Waals surface area contributed by atoms with Crippen LogP contribution in [-0.4, -0.2) is 22.6 Å². The molecule has 0 saturated carbocycles. The van der Waals surface area contributed by atoms with Gasteiger partial charge in [0.05, 0.1) is 16.8 Å². The van der Waals surface area contributed by atoms with Crippen LogP contribution in [0.3, 0.4) is 0 Å². The fraction of sp³-hybridized carbons (Fsp3) is 0.286. The molecular weight excluding hydrogens is 294 g/mol. The summed E-state index contributed by atoms with van der Waals surface area (Å²) >= 11 is 3.47. The third-order valence-electron chi connectivity index (χ3n) is 3.50. The molecule has 0 atom stereocenters. The molecule has 0 radical (unpaired) electrons. The molecule has 0 saturated heterocycles. The van der Waals surface area contributed by atoms with Crippen molar-refractivity contribution in [2.24, 2.45) is 0 Å². The molecule has 2 aliphatic heterocycles. The van der Waals surface area contributed by atoms with Gasteiger partial charge >= 0.3 is 0 Å². The minimum atomic E-state index is -0.463. The van der Waals surface area contributed by atoms with Crippen LogP contribution in [-0.2, 0) is 4.79 Å². The van der Waals surface area contributed by atoms with Crippen molar-refractivity contribution in [3.8, 4) is 0 Å². The van der Waals surface area contributed by atoms with Crippen molar-refractivity contribution in [1.82, 2.24) is 0 Å². The Morgan fingerprint density at radius 1 is 1.22 bits per heavy atom. The molecule has 0 unspecified atom stereocenters. The Kier molecular flexibility index (Phi) is 2.29. The predicted molar refractivity (Wildman–Crippen MR) is 74.1 cm³/mol. The summed E-state index contributed by atoms with van der Waals surface area (Å²) in [5.41, 5.74) is 2.93. The molecule has 4 heteroatoms. The lowest BCUT2D eigenvalue weighted by Gasteiger charge is -2.38. The number of alkyl halides is 1. The number of hydrogen-bond acceptors (Lipinski definition) is 2. The quantitative estimate of drug-likeness (QED) is 0.591. The van der Waals surface area contributed by atoms with Gasteiger partial charge in [-0.1, -0.05) is 34.1 Å². The van der Waals surface area contributed by atoms with Crippen molar-refractivity contribution >= 4 is 38.9 Å². The van der Waals surface area contributed by atoms with Gasteiger partial charge in [-0.15, -0.1) is 0 Å². The lowest BCUT2D eigenvalue weighted by atomic mass is 9.89. The van der Waals surface area contributed by atoms with Crippen molar-refractivity contribution in [3.63, 3.8) is 0 Å². The molecule has 0 N–H and O–H groups in total. The first-order chi connectivity index (χ1) is 8.47. The molecule has 1 aromatic rings. The van der Waals surface area contributed by atoms with Gasteiger partial charge in [0.1, 0.15) is 0 Å². The summed E-state index contributed by atoms with van der Waals surface area (Å²) in [4.78, 5) is 25.7. The first-order valence-electron chi connectivity index (χ1n) is 5.77. The summed E-state index contributed by atoms with van der Waals surface area (Å²) in [7, 11) is 0. The second kappa shape index (κ2) is 3.54. The lowest BCUT2D eigenvalue weighted by molar-refractivity contribution is -0.115. The smallest absolute Gasteiger partial charge is 0.295 e. The fourth-order valence-corrected chi connectivity index (χ4v) is 3.24. The Balaban J connectivity index is 2.37. The highest BCUT2D eigenvalue weighted by Gasteiger charge is 2.46. The van der Waals surface area contributed by atoms with Gasteiger partial charge in [-0.2, -0.15) is 0 Å². The third-order valence-corrected chi connectivity index (χ3v) is 4.10. The number of Topliss-reactive ketones (excluding diaryl/α,β-unsaturated/α-hetero) is 1. The number of carbonyl (C=O) groups excluding carboxylic acids is 2. The largest absolute Gasteiger partial charge is 0.300 e. The molecule has 2 aliphatic rings. The first kappa shape index (κ1) is 11.7. The second-order valence-electron chi connectivity index (χ2n) is 5.13. The molecule has 3 nitrogen and oxygen atoms in total. The highest BCUT2D eigenvalue weighted by molar-refractivity contribution is 9.09. The van der Waals surface area contributed by atoms with Gasteiger partial charge in [-0.05, 0) is 25.5 Å². The van der Waals surface area contributed by atoms with E-state index in [2.05, 4.69) is 15.9 Å². The summed E-state index contributed by atoms with van der Waals surface area (Å²) in [6.45, 7) is 3.90. The minimum absolute atomic E-state index is 0.399. The van der Waals surface area contributed by atoms with E-state index in [4.69, 9.17) is 0 Å². The lowest BCUT2D eigenvalue weighted by Crippen LogP contribution is -2.47. The molecule has 92 valence electrons. The maximum Gasteiger partial charge on any atom is 0.300 e. The number of carbonyl (C=O) groups is 2. The molecule has 1 amide bonds.